The SMILES string of the molecule is CCC1OCCC1CNCc1cc(Br)c(OC)c(Br)c1. The molecule has 2 unspecified atom stereocenters. The Bertz CT molecular complexity index is 430. The molecule has 0 aromatic heterocycles. The first-order valence-electron chi connectivity index (χ1n) is 7.00. The molecule has 5 heteroatoms. The number of methoxy groups -OCH3 is 1. The van der Waals surface area contributed by atoms with Crippen molar-refractivity contribution in [3.05, 3.63) is 26.6 Å². The van der Waals surface area contributed by atoms with E-state index in [1.54, 1.807) is 7.11 Å². The molecule has 1 aromatic rings. The third kappa shape index (κ3) is 3.97. The Labute approximate surface area is 137 Å². The van der Waals surface area contributed by atoms with Gasteiger partial charge in [-0.2, -0.15) is 0 Å². The molecule has 2 rings (SSSR count). The molecular formula is C15H21Br2NO2. The summed E-state index contributed by atoms with van der Waals surface area (Å²) in [4.78, 5) is 0. The maximum Gasteiger partial charge on any atom is 0.147 e. The number of halogens is 2. The van der Waals surface area contributed by atoms with Crippen LogP contribution in [-0.4, -0.2) is 26.4 Å². The van der Waals surface area contributed by atoms with Crippen LogP contribution >= 0.6 is 31.9 Å². The summed E-state index contributed by atoms with van der Waals surface area (Å²) in [5, 5.41) is 3.54. The van der Waals surface area contributed by atoms with Gasteiger partial charge < -0.3 is 14.8 Å². The number of benzene rings is 1. The van der Waals surface area contributed by atoms with Crippen LogP contribution in [0.3, 0.4) is 0 Å². The van der Waals surface area contributed by atoms with Gasteiger partial charge in [0.15, 0.2) is 0 Å². The second kappa shape index (κ2) is 7.78. The van der Waals surface area contributed by atoms with Gasteiger partial charge in [-0.25, -0.2) is 0 Å². The molecule has 1 N–H and O–H groups in total. The Balaban J connectivity index is 1.88. The molecule has 1 aliphatic heterocycles. The normalized spacial score (nSPS) is 22.2. The van der Waals surface area contributed by atoms with Crippen LogP contribution < -0.4 is 10.1 Å². The molecule has 1 heterocycles. The second-order valence-corrected chi connectivity index (χ2v) is 6.80. The van der Waals surface area contributed by atoms with Crippen molar-refractivity contribution in [2.24, 2.45) is 5.92 Å². The lowest BCUT2D eigenvalue weighted by Gasteiger charge is -2.17. The van der Waals surface area contributed by atoms with E-state index in [2.05, 4.69) is 56.2 Å². The van der Waals surface area contributed by atoms with Gasteiger partial charge in [0.1, 0.15) is 5.75 Å². The van der Waals surface area contributed by atoms with Crippen LogP contribution in [0.4, 0.5) is 0 Å². The van der Waals surface area contributed by atoms with E-state index in [1.165, 1.54) is 12.0 Å². The van der Waals surface area contributed by atoms with Gasteiger partial charge in [-0.05, 0) is 68.3 Å². The van der Waals surface area contributed by atoms with Crippen LogP contribution in [0.25, 0.3) is 0 Å². The zero-order valence-corrected chi connectivity index (χ0v) is 15.1. The quantitative estimate of drug-likeness (QED) is 0.770. The van der Waals surface area contributed by atoms with Crippen molar-refractivity contribution in [1.29, 1.82) is 0 Å². The summed E-state index contributed by atoms with van der Waals surface area (Å²) < 4.78 is 13.0. The van der Waals surface area contributed by atoms with Crippen LogP contribution in [-0.2, 0) is 11.3 Å². The Kier molecular flexibility index (Phi) is 6.33. The Morgan fingerprint density at radius 1 is 1.35 bits per heavy atom. The monoisotopic (exact) mass is 405 g/mol. The summed E-state index contributed by atoms with van der Waals surface area (Å²) in [5.74, 6) is 1.48. The zero-order valence-electron chi connectivity index (χ0n) is 11.9. The predicted octanol–water partition coefficient (Wildman–Crippen LogP) is 4.12. The van der Waals surface area contributed by atoms with Crippen molar-refractivity contribution in [3.63, 3.8) is 0 Å². The van der Waals surface area contributed by atoms with E-state index < -0.39 is 0 Å². The van der Waals surface area contributed by atoms with Gasteiger partial charge in [0.05, 0.1) is 22.2 Å². The first-order chi connectivity index (χ1) is 9.65. The maximum absolute atomic E-state index is 5.71. The molecule has 1 fully saturated rings. The van der Waals surface area contributed by atoms with E-state index in [4.69, 9.17) is 9.47 Å². The summed E-state index contributed by atoms with van der Waals surface area (Å²) in [5.41, 5.74) is 1.23. The van der Waals surface area contributed by atoms with Gasteiger partial charge in [-0.15, -0.1) is 0 Å². The summed E-state index contributed by atoms with van der Waals surface area (Å²) in [6, 6.07) is 4.19. The highest BCUT2D eigenvalue weighted by atomic mass is 79.9. The molecule has 0 amide bonds. The third-order valence-corrected chi connectivity index (χ3v) is 4.92. The van der Waals surface area contributed by atoms with E-state index in [0.717, 1.165) is 40.8 Å². The Morgan fingerprint density at radius 3 is 2.65 bits per heavy atom. The van der Waals surface area contributed by atoms with Crippen LogP contribution in [0.1, 0.15) is 25.3 Å². The number of hydrogen-bond acceptors (Lipinski definition) is 3. The van der Waals surface area contributed by atoms with Gasteiger partial charge in [0.2, 0.25) is 0 Å². The van der Waals surface area contributed by atoms with Crippen molar-refractivity contribution in [2.45, 2.75) is 32.4 Å². The fourth-order valence-electron chi connectivity index (χ4n) is 2.69. The Hall–Kier alpha value is -0.100. The zero-order chi connectivity index (χ0) is 14.5. The predicted molar refractivity (Wildman–Crippen MR) is 88.2 cm³/mol. The highest BCUT2D eigenvalue weighted by Crippen LogP contribution is 2.34. The lowest BCUT2D eigenvalue weighted by Crippen LogP contribution is -2.27. The molecule has 0 saturated carbocycles. The fraction of sp³-hybridized carbons (Fsp3) is 0.600. The lowest BCUT2D eigenvalue weighted by molar-refractivity contribution is 0.0872. The average Bonchev–Trinajstić information content (AvgIpc) is 2.86. The number of ether oxygens (including phenoxy) is 2. The van der Waals surface area contributed by atoms with E-state index in [9.17, 15) is 0 Å². The molecular weight excluding hydrogens is 386 g/mol. The van der Waals surface area contributed by atoms with Crippen LogP contribution in [0.5, 0.6) is 5.75 Å². The van der Waals surface area contributed by atoms with Crippen molar-refractivity contribution < 1.29 is 9.47 Å². The molecule has 0 bridgehead atoms. The van der Waals surface area contributed by atoms with E-state index in [0.29, 0.717) is 12.0 Å². The highest BCUT2D eigenvalue weighted by Gasteiger charge is 2.25. The van der Waals surface area contributed by atoms with Crippen molar-refractivity contribution in [1.82, 2.24) is 5.32 Å². The first kappa shape index (κ1) is 16.3. The molecule has 0 radical (unpaired) electrons. The van der Waals surface area contributed by atoms with Gasteiger partial charge in [0.25, 0.3) is 0 Å². The van der Waals surface area contributed by atoms with Crippen LogP contribution in [0.15, 0.2) is 21.1 Å². The summed E-state index contributed by atoms with van der Waals surface area (Å²) in [6.07, 6.45) is 2.70. The minimum atomic E-state index is 0.428. The largest absolute Gasteiger partial charge is 0.494 e. The molecule has 112 valence electrons. The van der Waals surface area contributed by atoms with Crippen molar-refractivity contribution >= 4 is 31.9 Å². The average molecular weight is 407 g/mol. The topological polar surface area (TPSA) is 30.5 Å². The van der Waals surface area contributed by atoms with Crippen molar-refractivity contribution in [3.8, 4) is 5.75 Å². The molecule has 2 atom stereocenters. The second-order valence-electron chi connectivity index (χ2n) is 5.09. The summed E-state index contributed by atoms with van der Waals surface area (Å²) in [7, 11) is 1.67. The molecule has 0 spiro atoms. The van der Waals surface area contributed by atoms with E-state index in [-0.39, 0.29) is 0 Å². The number of rotatable bonds is 6. The lowest BCUT2D eigenvalue weighted by atomic mass is 9.99. The van der Waals surface area contributed by atoms with Gasteiger partial charge in [0, 0.05) is 19.7 Å². The Morgan fingerprint density at radius 2 is 2.05 bits per heavy atom. The standard InChI is InChI=1S/C15H21Br2NO2/c1-3-14-11(4-5-20-14)9-18-8-10-6-12(16)15(19-2)13(17)7-10/h6-7,11,14,18H,3-5,8-9H2,1-2H3. The van der Waals surface area contributed by atoms with Gasteiger partial charge >= 0.3 is 0 Å². The number of nitrogens with one attached hydrogen (secondary N) is 1. The molecule has 0 aliphatic carbocycles. The fourth-order valence-corrected chi connectivity index (χ4v) is 4.29. The first-order valence-corrected chi connectivity index (χ1v) is 8.58. The maximum atomic E-state index is 5.71. The summed E-state index contributed by atoms with van der Waals surface area (Å²) in [6.45, 7) is 4.97. The number of hydrogen-bond donors (Lipinski definition) is 1. The smallest absolute Gasteiger partial charge is 0.147 e. The minimum absolute atomic E-state index is 0.428. The highest BCUT2D eigenvalue weighted by molar-refractivity contribution is 9.11. The minimum Gasteiger partial charge on any atom is -0.494 e. The molecule has 1 aromatic carbocycles. The van der Waals surface area contributed by atoms with Gasteiger partial charge in [-0.3, -0.25) is 0 Å². The van der Waals surface area contributed by atoms with Gasteiger partial charge in [-0.1, -0.05) is 6.92 Å². The third-order valence-electron chi connectivity index (χ3n) is 3.75. The van der Waals surface area contributed by atoms with Crippen LogP contribution in [0.2, 0.25) is 0 Å². The van der Waals surface area contributed by atoms with Crippen LogP contribution in [0, 0.1) is 5.92 Å². The molecule has 3 nitrogen and oxygen atoms in total. The summed E-state index contributed by atoms with van der Waals surface area (Å²) >= 11 is 7.07. The van der Waals surface area contributed by atoms with E-state index >= 15 is 0 Å². The van der Waals surface area contributed by atoms with E-state index in [1.807, 2.05) is 0 Å². The van der Waals surface area contributed by atoms with Crippen molar-refractivity contribution in [2.75, 3.05) is 20.3 Å². The molecule has 20 heavy (non-hydrogen) atoms. The molecule has 1 aliphatic rings. The molecule has 1 saturated heterocycles.